The van der Waals surface area contributed by atoms with Gasteiger partial charge in [0.05, 0.1) is 13.2 Å². The third-order valence-corrected chi connectivity index (χ3v) is 4.85. The van der Waals surface area contributed by atoms with Gasteiger partial charge in [-0.2, -0.15) is 4.98 Å². The summed E-state index contributed by atoms with van der Waals surface area (Å²) in [7, 11) is 0. The first-order valence-corrected chi connectivity index (χ1v) is 9.00. The lowest BCUT2D eigenvalue weighted by atomic mass is 10.1. The zero-order valence-electron chi connectivity index (χ0n) is 15.4. The molecule has 0 aliphatic carbocycles. The van der Waals surface area contributed by atoms with Crippen LogP contribution in [0.3, 0.4) is 0 Å². The quantitative estimate of drug-likeness (QED) is 0.712. The normalized spacial score (nSPS) is 14.4. The molecule has 1 amide bonds. The fourth-order valence-corrected chi connectivity index (χ4v) is 3.07. The fourth-order valence-electron chi connectivity index (χ4n) is 3.07. The van der Waals surface area contributed by atoms with Crippen LogP contribution >= 0.6 is 0 Å². The Bertz CT molecular complexity index is 974. The number of benzene rings is 2. The maximum absolute atomic E-state index is 12.7. The van der Waals surface area contributed by atoms with Crippen molar-refractivity contribution in [3.8, 4) is 22.8 Å². The average Bonchev–Trinajstić information content (AvgIpc) is 3.20. The van der Waals surface area contributed by atoms with Crippen LogP contribution in [0.15, 0.2) is 47.0 Å². The number of ether oxygens (including phenoxy) is 1. The highest BCUT2D eigenvalue weighted by Crippen LogP contribution is 2.25. The van der Waals surface area contributed by atoms with E-state index >= 15 is 0 Å². The topological polar surface area (TPSA) is 68.5 Å². The second-order valence-corrected chi connectivity index (χ2v) is 6.71. The van der Waals surface area contributed by atoms with Gasteiger partial charge in [0.2, 0.25) is 5.82 Å². The molecule has 138 valence electrons. The Labute approximate surface area is 157 Å². The Morgan fingerprint density at radius 2 is 1.81 bits per heavy atom. The molecular weight excluding hydrogens is 342 g/mol. The van der Waals surface area contributed by atoms with Crippen molar-refractivity contribution >= 4 is 5.91 Å². The molecule has 0 radical (unpaired) electrons. The second kappa shape index (κ2) is 7.32. The number of carbonyl (C=O) groups excluding carboxylic acids is 1. The molecule has 0 unspecified atom stereocenters. The van der Waals surface area contributed by atoms with Crippen LogP contribution in [0, 0.1) is 13.8 Å². The predicted octanol–water partition coefficient (Wildman–Crippen LogP) is 3.49. The van der Waals surface area contributed by atoms with Crippen molar-refractivity contribution in [1.29, 1.82) is 0 Å². The Morgan fingerprint density at radius 3 is 2.59 bits per heavy atom. The van der Waals surface area contributed by atoms with Gasteiger partial charge in [-0.05, 0) is 49.2 Å². The average molecular weight is 363 g/mol. The fraction of sp³-hybridized carbons (Fsp3) is 0.286. The van der Waals surface area contributed by atoms with E-state index < -0.39 is 0 Å². The molecular formula is C21H21N3O3. The Morgan fingerprint density at radius 1 is 1.00 bits per heavy atom. The van der Waals surface area contributed by atoms with E-state index in [-0.39, 0.29) is 5.91 Å². The van der Waals surface area contributed by atoms with Gasteiger partial charge in [0.15, 0.2) is 0 Å². The van der Waals surface area contributed by atoms with Crippen LogP contribution in [0.25, 0.3) is 22.8 Å². The standard InChI is InChI=1S/C21H21N3O3/c1-14-6-7-17(12-15(14)2)20-22-19(23-27-20)16-4-3-5-18(13-16)21(25)24-8-10-26-11-9-24/h3-7,12-13H,8-11H2,1-2H3. The highest BCUT2D eigenvalue weighted by molar-refractivity contribution is 5.95. The van der Waals surface area contributed by atoms with E-state index in [0.717, 1.165) is 11.1 Å². The van der Waals surface area contributed by atoms with Crippen molar-refractivity contribution in [3.05, 3.63) is 59.2 Å². The molecule has 1 aromatic heterocycles. The molecule has 1 aliphatic heterocycles. The lowest BCUT2D eigenvalue weighted by molar-refractivity contribution is 0.0303. The third-order valence-electron chi connectivity index (χ3n) is 4.85. The summed E-state index contributed by atoms with van der Waals surface area (Å²) >= 11 is 0. The van der Waals surface area contributed by atoms with Crippen molar-refractivity contribution in [3.63, 3.8) is 0 Å². The van der Waals surface area contributed by atoms with Crippen LogP contribution in [-0.4, -0.2) is 47.3 Å². The maximum atomic E-state index is 12.7. The number of aromatic nitrogens is 2. The van der Waals surface area contributed by atoms with Crippen LogP contribution in [0.1, 0.15) is 21.5 Å². The number of hydrogen-bond acceptors (Lipinski definition) is 5. The van der Waals surface area contributed by atoms with Gasteiger partial charge in [-0.3, -0.25) is 4.79 Å². The monoisotopic (exact) mass is 363 g/mol. The molecule has 6 heteroatoms. The van der Waals surface area contributed by atoms with Crippen molar-refractivity contribution < 1.29 is 14.1 Å². The van der Waals surface area contributed by atoms with Crippen LogP contribution in [0.4, 0.5) is 0 Å². The molecule has 1 saturated heterocycles. The molecule has 0 N–H and O–H groups in total. The van der Waals surface area contributed by atoms with Crippen LogP contribution in [-0.2, 0) is 4.74 Å². The first-order chi connectivity index (χ1) is 13.1. The van der Waals surface area contributed by atoms with E-state index in [1.165, 1.54) is 11.1 Å². The second-order valence-electron chi connectivity index (χ2n) is 6.71. The molecule has 0 atom stereocenters. The molecule has 0 bridgehead atoms. The minimum Gasteiger partial charge on any atom is -0.378 e. The first-order valence-electron chi connectivity index (χ1n) is 9.00. The lowest BCUT2D eigenvalue weighted by Gasteiger charge is -2.26. The van der Waals surface area contributed by atoms with Gasteiger partial charge in [-0.15, -0.1) is 0 Å². The molecule has 27 heavy (non-hydrogen) atoms. The van der Waals surface area contributed by atoms with Crippen molar-refractivity contribution in [2.75, 3.05) is 26.3 Å². The van der Waals surface area contributed by atoms with Gasteiger partial charge in [-0.25, -0.2) is 0 Å². The highest BCUT2D eigenvalue weighted by Gasteiger charge is 2.19. The van der Waals surface area contributed by atoms with Crippen molar-refractivity contribution in [1.82, 2.24) is 15.0 Å². The number of hydrogen-bond donors (Lipinski definition) is 0. The Balaban J connectivity index is 1.60. The van der Waals surface area contributed by atoms with E-state index in [0.29, 0.717) is 43.6 Å². The van der Waals surface area contributed by atoms with Gasteiger partial charge < -0.3 is 14.2 Å². The third kappa shape index (κ3) is 3.61. The maximum Gasteiger partial charge on any atom is 0.258 e. The summed E-state index contributed by atoms with van der Waals surface area (Å²) in [5.74, 6) is 0.941. The molecule has 0 saturated carbocycles. The first kappa shape index (κ1) is 17.4. The van der Waals surface area contributed by atoms with E-state index in [9.17, 15) is 4.79 Å². The lowest BCUT2D eigenvalue weighted by Crippen LogP contribution is -2.40. The number of nitrogens with zero attached hydrogens (tertiary/aromatic N) is 3. The molecule has 3 aromatic rings. The predicted molar refractivity (Wildman–Crippen MR) is 101 cm³/mol. The summed E-state index contributed by atoms with van der Waals surface area (Å²) in [5.41, 5.74) is 4.65. The van der Waals surface area contributed by atoms with Crippen LogP contribution in [0.2, 0.25) is 0 Å². The molecule has 1 fully saturated rings. The summed E-state index contributed by atoms with van der Waals surface area (Å²) in [6.45, 7) is 6.50. The van der Waals surface area contributed by atoms with Gasteiger partial charge in [0, 0.05) is 29.8 Å². The highest BCUT2D eigenvalue weighted by atomic mass is 16.5. The van der Waals surface area contributed by atoms with E-state index in [1.54, 1.807) is 4.90 Å². The van der Waals surface area contributed by atoms with E-state index in [4.69, 9.17) is 9.26 Å². The Hall–Kier alpha value is -2.99. The molecule has 6 nitrogen and oxygen atoms in total. The number of carbonyl (C=O) groups is 1. The molecule has 1 aliphatic rings. The summed E-state index contributed by atoms with van der Waals surface area (Å²) in [6, 6.07) is 13.4. The van der Waals surface area contributed by atoms with E-state index in [2.05, 4.69) is 24.0 Å². The van der Waals surface area contributed by atoms with Gasteiger partial charge in [-0.1, -0.05) is 23.4 Å². The minimum absolute atomic E-state index is 0.00183. The summed E-state index contributed by atoms with van der Waals surface area (Å²) < 4.78 is 10.8. The van der Waals surface area contributed by atoms with Gasteiger partial charge >= 0.3 is 0 Å². The number of amides is 1. The summed E-state index contributed by atoms with van der Waals surface area (Å²) in [6.07, 6.45) is 0. The van der Waals surface area contributed by atoms with Crippen molar-refractivity contribution in [2.24, 2.45) is 0 Å². The SMILES string of the molecule is Cc1ccc(-c2nc(-c3cccc(C(=O)N4CCOCC4)c3)no2)cc1C. The smallest absolute Gasteiger partial charge is 0.258 e. The largest absolute Gasteiger partial charge is 0.378 e. The minimum atomic E-state index is -0.00183. The number of morpholine rings is 1. The summed E-state index contributed by atoms with van der Waals surface area (Å²) in [5, 5.41) is 4.10. The molecule has 0 spiro atoms. The molecule has 2 aromatic carbocycles. The molecule has 4 rings (SSSR count). The zero-order valence-corrected chi connectivity index (χ0v) is 15.4. The zero-order chi connectivity index (χ0) is 18.8. The van der Waals surface area contributed by atoms with Crippen molar-refractivity contribution in [2.45, 2.75) is 13.8 Å². The summed E-state index contributed by atoms with van der Waals surface area (Å²) in [4.78, 5) is 19.0. The Kier molecular flexibility index (Phi) is 4.73. The van der Waals surface area contributed by atoms with Crippen LogP contribution in [0.5, 0.6) is 0 Å². The van der Waals surface area contributed by atoms with E-state index in [1.807, 2.05) is 42.5 Å². The van der Waals surface area contributed by atoms with Gasteiger partial charge in [0.25, 0.3) is 11.8 Å². The van der Waals surface area contributed by atoms with Crippen LogP contribution < -0.4 is 0 Å². The number of rotatable bonds is 3. The number of aryl methyl sites for hydroxylation is 2. The molecule has 2 heterocycles. The van der Waals surface area contributed by atoms with Gasteiger partial charge in [0.1, 0.15) is 0 Å².